The van der Waals surface area contributed by atoms with E-state index >= 15 is 0 Å². The number of nitrogens with one attached hydrogen (secondary N) is 2. The fourth-order valence-corrected chi connectivity index (χ4v) is 2.85. The second-order valence-corrected chi connectivity index (χ2v) is 6.87. The van der Waals surface area contributed by atoms with Crippen LogP contribution < -0.4 is 15.5 Å². The Kier molecular flexibility index (Phi) is 3.71. The zero-order chi connectivity index (χ0) is 15.0. The SMILES string of the molecule is O=C1CN(c2ccc(NC(=O)C3CC3(Cl)Cl)cc2)CCN1. The van der Waals surface area contributed by atoms with Crippen LogP contribution in [0.5, 0.6) is 0 Å². The van der Waals surface area contributed by atoms with E-state index in [1.54, 1.807) is 0 Å². The van der Waals surface area contributed by atoms with Crippen molar-refractivity contribution in [2.24, 2.45) is 5.92 Å². The highest BCUT2D eigenvalue weighted by molar-refractivity contribution is 6.52. The molecule has 2 aliphatic rings. The zero-order valence-electron chi connectivity index (χ0n) is 11.2. The van der Waals surface area contributed by atoms with Crippen LogP contribution >= 0.6 is 23.2 Å². The molecule has 1 unspecified atom stereocenters. The maximum absolute atomic E-state index is 11.9. The van der Waals surface area contributed by atoms with Gasteiger partial charge < -0.3 is 15.5 Å². The van der Waals surface area contributed by atoms with Gasteiger partial charge in [0.25, 0.3) is 0 Å². The second kappa shape index (κ2) is 5.39. The van der Waals surface area contributed by atoms with Crippen LogP contribution in [0.3, 0.4) is 0 Å². The van der Waals surface area contributed by atoms with Gasteiger partial charge in [-0.1, -0.05) is 0 Å². The number of carbonyl (C=O) groups excluding carboxylic acids is 2. The first-order valence-corrected chi connectivity index (χ1v) is 7.52. The highest BCUT2D eigenvalue weighted by Gasteiger charge is 2.56. The van der Waals surface area contributed by atoms with Gasteiger partial charge in [-0.2, -0.15) is 0 Å². The lowest BCUT2D eigenvalue weighted by molar-refractivity contribution is -0.120. The Balaban J connectivity index is 1.61. The molecule has 0 radical (unpaired) electrons. The number of rotatable bonds is 3. The lowest BCUT2D eigenvalue weighted by Crippen LogP contribution is -2.47. The maximum Gasteiger partial charge on any atom is 0.239 e. The molecule has 112 valence electrons. The highest BCUT2D eigenvalue weighted by atomic mass is 35.5. The number of benzene rings is 1. The molecule has 0 bridgehead atoms. The van der Waals surface area contributed by atoms with Gasteiger partial charge in [0.05, 0.1) is 12.5 Å². The number of hydrogen-bond acceptors (Lipinski definition) is 3. The molecule has 3 rings (SSSR count). The standard InChI is InChI=1S/C14H15Cl2N3O2/c15-14(16)7-11(14)13(21)18-9-1-3-10(4-2-9)19-6-5-17-12(20)8-19/h1-4,11H,5-8H2,(H,17,20)(H,18,21). The van der Waals surface area contributed by atoms with Crippen molar-refractivity contribution < 1.29 is 9.59 Å². The minimum absolute atomic E-state index is 0.0212. The van der Waals surface area contributed by atoms with Crippen molar-refractivity contribution in [2.75, 3.05) is 29.9 Å². The monoisotopic (exact) mass is 327 g/mol. The number of carbonyl (C=O) groups is 2. The van der Waals surface area contributed by atoms with Crippen LogP contribution in [-0.4, -0.2) is 35.8 Å². The number of piperazine rings is 1. The van der Waals surface area contributed by atoms with E-state index in [9.17, 15) is 9.59 Å². The van der Waals surface area contributed by atoms with Crippen LogP contribution in [0.4, 0.5) is 11.4 Å². The molecule has 1 aliphatic heterocycles. The number of nitrogens with zero attached hydrogens (tertiary/aromatic N) is 1. The van der Waals surface area contributed by atoms with Crippen LogP contribution in [0.1, 0.15) is 6.42 Å². The van der Waals surface area contributed by atoms with E-state index in [0.717, 1.165) is 12.2 Å². The van der Waals surface area contributed by atoms with Gasteiger partial charge in [0.1, 0.15) is 4.33 Å². The van der Waals surface area contributed by atoms with Crippen molar-refractivity contribution in [3.63, 3.8) is 0 Å². The van der Waals surface area contributed by atoms with E-state index in [4.69, 9.17) is 23.2 Å². The third-order valence-electron chi connectivity index (χ3n) is 3.68. The Hall–Kier alpha value is -1.46. The van der Waals surface area contributed by atoms with Crippen LogP contribution in [0.15, 0.2) is 24.3 Å². The molecule has 1 heterocycles. The average molecular weight is 328 g/mol. The molecule has 2 amide bonds. The van der Waals surface area contributed by atoms with E-state index in [1.165, 1.54) is 0 Å². The van der Waals surface area contributed by atoms with E-state index < -0.39 is 4.33 Å². The first-order valence-electron chi connectivity index (χ1n) is 6.76. The molecule has 1 saturated carbocycles. The average Bonchev–Trinajstić information content (AvgIpc) is 3.09. The van der Waals surface area contributed by atoms with E-state index in [1.807, 2.05) is 29.2 Å². The maximum atomic E-state index is 11.9. The molecule has 1 aliphatic carbocycles. The van der Waals surface area contributed by atoms with Gasteiger partial charge in [-0.25, -0.2) is 0 Å². The molecule has 5 nitrogen and oxygen atoms in total. The van der Waals surface area contributed by atoms with E-state index in [0.29, 0.717) is 25.2 Å². The minimum Gasteiger partial charge on any atom is -0.360 e. The third-order valence-corrected chi connectivity index (χ3v) is 4.52. The summed E-state index contributed by atoms with van der Waals surface area (Å²) >= 11 is 11.7. The summed E-state index contributed by atoms with van der Waals surface area (Å²) in [5.74, 6) is -0.482. The van der Waals surface area contributed by atoms with Crippen molar-refractivity contribution in [3.05, 3.63) is 24.3 Å². The molecule has 21 heavy (non-hydrogen) atoms. The molecule has 1 aromatic rings. The number of alkyl halides is 2. The topological polar surface area (TPSA) is 61.4 Å². The molecule has 7 heteroatoms. The minimum atomic E-state index is -0.912. The molecule has 1 aromatic carbocycles. The predicted octanol–water partition coefficient (Wildman–Crippen LogP) is 1.76. The third kappa shape index (κ3) is 3.24. The number of anilines is 2. The summed E-state index contributed by atoms with van der Waals surface area (Å²) in [4.78, 5) is 25.2. The fourth-order valence-electron chi connectivity index (χ4n) is 2.34. The molecule has 2 N–H and O–H groups in total. The number of halogens is 2. The van der Waals surface area contributed by atoms with E-state index in [-0.39, 0.29) is 17.7 Å². The van der Waals surface area contributed by atoms with Gasteiger partial charge in [0, 0.05) is 24.5 Å². The quantitative estimate of drug-likeness (QED) is 0.831. The summed E-state index contributed by atoms with van der Waals surface area (Å²) in [6.07, 6.45) is 0.489. The Morgan fingerprint density at radius 1 is 1.33 bits per heavy atom. The molecular weight excluding hydrogens is 313 g/mol. The van der Waals surface area contributed by atoms with Crippen LogP contribution in [0, 0.1) is 5.92 Å². The lowest BCUT2D eigenvalue weighted by atomic mass is 10.2. The molecule has 2 fully saturated rings. The summed E-state index contributed by atoms with van der Waals surface area (Å²) in [6.45, 7) is 1.78. The molecule has 0 aromatic heterocycles. The Bertz CT molecular complexity index is 574. The molecule has 0 spiro atoms. The molecular formula is C14H15Cl2N3O2. The van der Waals surface area contributed by atoms with Gasteiger partial charge in [-0.15, -0.1) is 23.2 Å². The van der Waals surface area contributed by atoms with Crippen molar-refractivity contribution in [1.29, 1.82) is 0 Å². The first-order chi connectivity index (χ1) is 9.95. The van der Waals surface area contributed by atoms with Crippen molar-refractivity contribution >= 4 is 46.4 Å². The summed E-state index contributed by atoms with van der Waals surface area (Å²) in [5.41, 5.74) is 1.65. The largest absolute Gasteiger partial charge is 0.360 e. The van der Waals surface area contributed by atoms with Crippen molar-refractivity contribution in [1.82, 2.24) is 5.32 Å². The lowest BCUT2D eigenvalue weighted by Gasteiger charge is -2.28. The molecule has 1 atom stereocenters. The number of amides is 2. The van der Waals surface area contributed by atoms with E-state index in [2.05, 4.69) is 10.6 Å². The summed E-state index contributed by atoms with van der Waals surface area (Å²) in [5, 5.41) is 5.58. The fraction of sp³-hybridized carbons (Fsp3) is 0.429. The molecule has 1 saturated heterocycles. The second-order valence-electron chi connectivity index (χ2n) is 5.33. The summed E-state index contributed by atoms with van der Waals surface area (Å²) < 4.78 is -0.912. The highest BCUT2D eigenvalue weighted by Crippen LogP contribution is 2.53. The van der Waals surface area contributed by atoms with Gasteiger partial charge >= 0.3 is 0 Å². The van der Waals surface area contributed by atoms with Gasteiger partial charge in [-0.3, -0.25) is 9.59 Å². The summed E-state index contributed by atoms with van der Waals surface area (Å²) in [7, 11) is 0. The van der Waals surface area contributed by atoms with Gasteiger partial charge in [0.2, 0.25) is 11.8 Å². The Morgan fingerprint density at radius 2 is 2.00 bits per heavy atom. The van der Waals surface area contributed by atoms with Gasteiger partial charge in [0.15, 0.2) is 0 Å². The van der Waals surface area contributed by atoms with Crippen molar-refractivity contribution in [2.45, 2.75) is 10.8 Å². The zero-order valence-corrected chi connectivity index (χ0v) is 12.7. The smallest absolute Gasteiger partial charge is 0.239 e. The summed E-state index contributed by atoms with van der Waals surface area (Å²) in [6, 6.07) is 7.39. The Labute approximate surface area is 132 Å². The van der Waals surface area contributed by atoms with Crippen LogP contribution in [0.25, 0.3) is 0 Å². The van der Waals surface area contributed by atoms with Gasteiger partial charge in [-0.05, 0) is 30.7 Å². The van der Waals surface area contributed by atoms with Crippen LogP contribution in [0.2, 0.25) is 0 Å². The van der Waals surface area contributed by atoms with Crippen molar-refractivity contribution in [3.8, 4) is 0 Å². The Morgan fingerprint density at radius 3 is 2.57 bits per heavy atom. The first kappa shape index (κ1) is 14.5. The normalized spacial score (nSPS) is 23.4. The number of hydrogen-bond donors (Lipinski definition) is 2. The predicted molar refractivity (Wildman–Crippen MR) is 82.8 cm³/mol. The van der Waals surface area contributed by atoms with Crippen LogP contribution in [-0.2, 0) is 9.59 Å².